The van der Waals surface area contributed by atoms with Crippen molar-refractivity contribution in [3.05, 3.63) is 125 Å². The Balaban J connectivity index is 1.09. The maximum Gasteiger partial charge on any atom is 0.135 e. The van der Waals surface area contributed by atoms with Gasteiger partial charge in [0.05, 0.1) is 0 Å². The fraction of sp³-hybridized carbons (Fsp3) is 0.375. The number of fused-ring (bicyclic) bond motifs is 11. The van der Waals surface area contributed by atoms with E-state index in [9.17, 15) is 0 Å². The highest BCUT2D eigenvalue weighted by molar-refractivity contribution is 7.99. The minimum absolute atomic E-state index is 0.125. The van der Waals surface area contributed by atoms with Crippen LogP contribution in [-0.4, -0.2) is 0 Å². The first kappa shape index (κ1) is 29.6. The normalized spacial score (nSPS) is 31.1. The van der Waals surface area contributed by atoms with Gasteiger partial charge in [-0.05, 0) is 161 Å². The minimum Gasteiger partial charge on any atom is -0.456 e. The molecule has 1 aliphatic heterocycles. The van der Waals surface area contributed by atoms with E-state index >= 15 is 0 Å². The lowest BCUT2D eigenvalue weighted by Gasteiger charge is -2.78. The van der Waals surface area contributed by atoms with Crippen molar-refractivity contribution in [2.75, 3.05) is 4.90 Å². The highest BCUT2D eigenvalue weighted by Crippen LogP contribution is 2.89. The number of nitrogens with zero attached hydrogens (tertiary/aromatic N) is 1. The van der Waals surface area contributed by atoms with Crippen molar-refractivity contribution in [1.82, 2.24) is 0 Å². The van der Waals surface area contributed by atoms with E-state index in [1.165, 1.54) is 87.3 Å². The quantitative estimate of drug-likeness (QED) is 0.185. The summed E-state index contributed by atoms with van der Waals surface area (Å²) in [5, 5.41) is 2.35. The Bertz CT molecular complexity index is 2490. The van der Waals surface area contributed by atoms with Crippen LogP contribution in [0.15, 0.2) is 117 Å². The lowest BCUT2D eigenvalue weighted by molar-refractivity contribution is -0.235. The van der Waals surface area contributed by atoms with Crippen LogP contribution < -0.4 is 4.90 Å². The molecular formula is C48H45NOS. The van der Waals surface area contributed by atoms with Gasteiger partial charge in [-0.25, -0.2) is 0 Å². The lowest BCUT2D eigenvalue weighted by Crippen LogP contribution is -2.74. The Kier molecular flexibility index (Phi) is 5.53. The van der Waals surface area contributed by atoms with Crippen LogP contribution in [-0.2, 0) is 16.2 Å². The van der Waals surface area contributed by atoms with Gasteiger partial charge >= 0.3 is 0 Å². The van der Waals surface area contributed by atoms with Crippen LogP contribution in [0.1, 0.15) is 88.5 Å². The second kappa shape index (κ2) is 9.53. The third-order valence-corrected chi connectivity index (χ3v) is 16.6. The number of anilines is 3. The van der Waals surface area contributed by atoms with E-state index in [4.69, 9.17) is 4.42 Å². The molecule has 0 amide bonds. The monoisotopic (exact) mass is 683 g/mol. The molecule has 3 heteroatoms. The maximum atomic E-state index is 6.34. The first-order chi connectivity index (χ1) is 24.7. The van der Waals surface area contributed by atoms with Gasteiger partial charge in [0.2, 0.25) is 0 Å². The first-order valence-electron chi connectivity index (χ1n) is 19.5. The molecule has 5 aromatic carbocycles. The molecule has 254 valence electrons. The predicted molar refractivity (Wildman–Crippen MR) is 210 cm³/mol. The van der Waals surface area contributed by atoms with Crippen LogP contribution in [0.25, 0.3) is 21.9 Å². The Morgan fingerprint density at radius 2 is 1.25 bits per heavy atom. The fourth-order valence-electron chi connectivity index (χ4n) is 13.2. The van der Waals surface area contributed by atoms with Crippen LogP contribution in [0, 0.1) is 29.1 Å². The molecule has 2 bridgehead atoms. The van der Waals surface area contributed by atoms with E-state index in [1.54, 1.807) is 11.1 Å². The van der Waals surface area contributed by atoms with E-state index in [2.05, 4.69) is 136 Å². The van der Waals surface area contributed by atoms with Crippen molar-refractivity contribution in [2.45, 2.75) is 92.3 Å². The van der Waals surface area contributed by atoms with Gasteiger partial charge in [-0.2, -0.15) is 0 Å². The standard InChI is InChI=1S/C48H45NOS/c1-45(2)19-20-46(3,4)37-25-31(13-16-35(37)45)49(30-14-17-40-34(24-30)33-9-5-7-11-39(33)50-40)32-15-18-42-38(26-32)48(36-10-6-8-12-41(36)51-42)43-22-28-21-29-23-44(48)47(29,43)27-28/h5-18,24-26,28-29,43-44H,19-23,27H2,1-4H3. The molecule has 6 aliphatic rings. The summed E-state index contributed by atoms with van der Waals surface area (Å²) < 4.78 is 6.34. The SMILES string of the molecule is CC1(C)CCC(C)(C)c2cc(N(c3ccc4c(c3)C3(c5ccccc5S4)C4CC5CC6CC3C64C5)c3ccc4oc5ccccc5c4c3)ccc21. The Morgan fingerprint density at radius 3 is 2.12 bits per heavy atom. The summed E-state index contributed by atoms with van der Waals surface area (Å²) in [5.74, 6) is 3.46. The Hall–Kier alpha value is -3.95. The summed E-state index contributed by atoms with van der Waals surface area (Å²) in [6, 6.07) is 39.8. The highest BCUT2D eigenvalue weighted by Gasteiger charge is 2.84. The van der Waals surface area contributed by atoms with Gasteiger partial charge in [0.1, 0.15) is 11.2 Å². The van der Waals surface area contributed by atoms with Crippen molar-refractivity contribution in [3.63, 3.8) is 0 Å². The zero-order valence-corrected chi connectivity index (χ0v) is 30.9. The minimum atomic E-state index is 0.125. The van der Waals surface area contributed by atoms with Gasteiger partial charge in [-0.3, -0.25) is 0 Å². The number of furan rings is 1. The van der Waals surface area contributed by atoms with Gasteiger partial charge in [-0.15, -0.1) is 0 Å². The van der Waals surface area contributed by atoms with Crippen LogP contribution >= 0.6 is 11.8 Å². The highest BCUT2D eigenvalue weighted by atomic mass is 32.2. The van der Waals surface area contributed by atoms with Gasteiger partial charge in [0, 0.05) is 43.0 Å². The molecule has 5 aliphatic carbocycles. The summed E-state index contributed by atoms with van der Waals surface area (Å²) in [6.45, 7) is 9.76. The number of benzene rings is 5. The first-order valence-corrected chi connectivity index (χ1v) is 20.3. The van der Waals surface area contributed by atoms with E-state index in [-0.39, 0.29) is 16.2 Å². The zero-order chi connectivity index (χ0) is 34.1. The van der Waals surface area contributed by atoms with Crippen LogP contribution in [0.3, 0.4) is 0 Å². The van der Waals surface area contributed by atoms with Gasteiger partial charge in [-0.1, -0.05) is 81.9 Å². The second-order valence-electron chi connectivity index (χ2n) is 18.5. The number of hydrogen-bond donors (Lipinski definition) is 0. The maximum absolute atomic E-state index is 6.34. The molecule has 2 nitrogen and oxygen atoms in total. The van der Waals surface area contributed by atoms with Crippen molar-refractivity contribution < 1.29 is 4.42 Å². The summed E-state index contributed by atoms with van der Waals surface area (Å²) >= 11 is 2.01. The van der Waals surface area contributed by atoms with Gasteiger partial charge in [0.25, 0.3) is 0 Å². The van der Waals surface area contributed by atoms with Crippen LogP contribution in [0.5, 0.6) is 0 Å². The van der Waals surface area contributed by atoms with Gasteiger partial charge in [0.15, 0.2) is 0 Å². The molecule has 4 fully saturated rings. The molecular weight excluding hydrogens is 639 g/mol. The van der Waals surface area contributed by atoms with Crippen LogP contribution in [0.4, 0.5) is 17.1 Å². The number of para-hydroxylation sites is 1. The number of rotatable bonds is 3. The largest absolute Gasteiger partial charge is 0.456 e. The third kappa shape index (κ3) is 3.53. The van der Waals surface area contributed by atoms with Crippen molar-refractivity contribution in [1.29, 1.82) is 0 Å². The molecule has 4 saturated carbocycles. The average molecular weight is 684 g/mol. The van der Waals surface area contributed by atoms with E-state index < -0.39 is 0 Å². The molecule has 1 aromatic heterocycles. The predicted octanol–water partition coefficient (Wildman–Crippen LogP) is 13.2. The number of hydrogen-bond acceptors (Lipinski definition) is 3. The topological polar surface area (TPSA) is 16.4 Å². The average Bonchev–Trinajstić information content (AvgIpc) is 3.79. The van der Waals surface area contributed by atoms with Crippen molar-refractivity contribution in [3.8, 4) is 0 Å². The Morgan fingerprint density at radius 1 is 0.588 bits per heavy atom. The molecule has 0 saturated heterocycles. The van der Waals surface area contributed by atoms with Crippen molar-refractivity contribution in [2.24, 2.45) is 29.1 Å². The molecule has 51 heavy (non-hydrogen) atoms. The van der Waals surface area contributed by atoms with Crippen molar-refractivity contribution >= 4 is 50.8 Å². The molecule has 0 radical (unpaired) electrons. The molecule has 0 N–H and O–H groups in total. The molecule has 2 heterocycles. The third-order valence-electron chi connectivity index (χ3n) is 15.4. The van der Waals surface area contributed by atoms with Crippen LogP contribution in [0.2, 0.25) is 0 Å². The fourth-order valence-corrected chi connectivity index (χ4v) is 14.4. The summed E-state index contributed by atoms with van der Waals surface area (Å²) in [7, 11) is 0. The lowest BCUT2D eigenvalue weighted by atomic mass is 9.26. The molecule has 6 aromatic rings. The smallest absolute Gasteiger partial charge is 0.135 e. The summed E-state index contributed by atoms with van der Waals surface area (Å²) in [5.41, 5.74) is 12.9. The zero-order valence-electron chi connectivity index (χ0n) is 30.1. The second-order valence-corrected chi connectivity index (χ2v) is 19.5. The molecule has 12 rings (SSSR count). The van der Waals surface area contributed by atoms with E-state index in [0.29, 0.717) is 5.41 Å². The molecule has 2 spiro atoms. The summed E-state index contributed by atoms with van der Waals surface area (Å²) in [4.78, 5) is 5.53. The molecule has 6 unspecified atom stereocenters. The van der Waals surface area contributed by atoms with E-state index in [1.807, 2.05) is 11.8 Å². The van der Waals surface area contributed by atoms with E-state index in [0.717, 1.165) is 34.8 Å². The summed E-state index contributed by atoms with van der Waals surface area (Å²) in [6.07, 6.45) is 8.24. The van der Waals surface area contributed by atoms with Gasteiger partial charge < -0.3 is 9.32 Å². The Labute approximate surface area is 305 Å². The molecule has 6 atom stereocenters.